The Morgan fingerprint density at radius 1 is 1.39 bits per heavy atom. The van der Waals surface area contributed by atoms with Crippen LogP contribution in [0.15, 0.2) is 24.3 Å². The van der Waals surface area contributed by atoms with Gasteiger partial charge in [0.05, 0.1) is 11.6 Å². The summed E-state index contributed by atoms with van der Waals surface area (Å²) in [5, 5.41) is 21.6. The standard InChI is InChI=1S/C14H20N2O2/c1-11(2)8-16-9-13(17)10-18-14-5-3-4-12(6-14)7-15/h3-6,11,13,16-17H,8-10H2,1-2H3. The molecule has 1 atom stereocenters. The van der Waals surface area contributed by atoms with Crippen LogP contribution in [-0.4, -0.2) is 30.9 Å². The van der Waals surface area contributed by atoms with Crippen LogP contribution in [-0.2, 0) is 0 Å². The fourth-order valence-electron chi connectivity index (χ4n) is 1.45. The minimum Gasteiger partial charge on any atom is -0.491 e. The Bertz CT molecular complexity index is 399. The molecule has 0 heterocycles. The molecule has 98 valence electrons. The van der Waals surface area contributed by atoms with Crippen LogP contribution in [0.4, 0.5) is 0 Å². The van der Waals surface area contributed by atoms with Crippen molar-refractivity contribution >= 4 is 0 Å². The fourth-order valence-corrected chi connectivity index (χ4v) is 1.45. The van der Waals surface area contributed by atoms with Gasteiger partial charge in [0.15, 0.2) is 0 Å². The van der Waals surface area contributed by atoms with Crippen LogP contribution in [0.2, 0.25) is 0 Å². The van der Waals surface area contributed by atoms with Crippen molar-refractivity contribution in [3.05, 3.63) is 29.8 Å². The van der Waals surface area contributed by atoms with Gasteiger partial charge in [0, 0.05) is 6.54 Å². The first-order valence-electron chi connectivity index (χ1n) is 6.13. The zero-order chi connectivity index (χ0) is 13.4. The maximum Gasteiger partial charge on any atom is 0.120 e. The molecule has 0 amide bonds. The van der Waals surface area contributed by atoms with Crippen LogP contribution in [0.5, 0.6) is 5.75 Å². The Labute approximate surface area is 108 Å². The van der Waals surface area contributed by atoms with E-state index in [0.29, 0.717) is 23.8 Å². The van der Waals surface area contributed by atoms with E-state index in [1.807, 2.05) is 6.07 Å². The first kappa shape index (κ1) is 14.5. The second-order valence-electron chi connectivity index (χ2n) is 4.66. The van der Waals surface area contributed by atoms with Crippen LogP contribution in [0.3, 0.4) is 0 Å². The number of nitriles is 1. The molecule has 1 aromatic carbocycles. The number of benzene rings is 1. The lowest BCUT2D eigenvalue weighted by molar-refractivity contribution is 0.106. The summed E-state index contributed by atoms with van der Waals surface area (Å²) < 4.78 is 5.43. The summed E-state index contributed by atoms with van der Waals surface area (Å²) in [4.78, 5) is 0. The molecule has 18 heavy (non-hydrogen) atoms. The Morgan fingerprint density at radius 2 is 2.17 bits per heavy atom. The van der Waals surface area contributed by atoms with Crippen LogP contribution >= 0.6 is 0 Å². The molecule has 1 unspecified atom stereocenters. The normalized spacial score (nSPS) is 12.2. The van der Waals surface area contributed by atoms with Gasteiger partial charge in [-0.15, -0.1) is 0 Å². The molecular weight excluding hydrogens is 228 g/mol. The number of nitrogens with one attached hydrogen (secondary N) is 1. The molecule has 0 aliphatic rings. The average Bonchev–Trinajstić information content (AvgIpc) is 2.36. The lowest BCUT2D eigenvalue weighted by atomic mass is 10.2. The molecule has 0 radical (unpaired) electrons. The number of hydrogen-bond donors (Lipinski definition) is 2. The Kier molecular flexibility index (Phi) is 6.20. The number of nitrogens with zero attached hydrogens (tertiary/aromatic N) is 1. The summed E-state index contributed by atoms with van der Waals surface area (Å²) in [5.74, 6) is 1.17. The first-order valence-corrected chi connectivity index (χ1v) is 6.13. The van der Waals surface area contributed by atoms with Gasteiger partial charge in [-0.1, -0.05) is 19.9 Å². The topological polar surface area (TPSA) is 65.3 Å². The number of aliphatic hydroxyl groups is 1. The van der Waals surface area contributed by atoms with Gasteiger partial charge in [0.2, 0.25) is 0 Å². The van der Waals surface area contributed by atoms with E-state index in [1.54, 1.807) is 24.3 Å². The first-order chi connectivity index (χ1) is 8.61. The second-order valence-corrected chi connectivity index (χ2v) is 4.66. The Balaban J connectivity index is 2.29. The van der Waals surface area contributed by atoms with Crippen LogP contribution in [0.1, 0.15) is 19.4 Å². The minimum atomic E-state index is -0.547. The third kappa shape index (κ3) is 5.67. The van der Waals surface area contributed by atoms with Crippen LogP contribution in [0.25, 0.3) is 0 Å². The molecule has 0 aromatic heterocycles. The summed E-state index contributed by atoms with van der Waals surface area (Å²) in [6.07, 6.45) is -0.547. The number of ether oxygens (including phenoxy) is 1. The van der Waals surface area contributed by atoms with Gasteiger partial charge in [-0.2, -0.15) is 5.26 Å². The molecule has 4 heteroatoms. The maximum absolute atomic E-state index is 9.70. The summed E-state index contributed by atoms with van der Waals surface area (Å²) in [7, 11) is 0. The van der Waals surface area contributed by atoms with E-state index in [4.69, 9.17) is 10.00 Å². The molecule has 0 saturated heterocycles. The van der Waals surface area contributed by atoms with Crippen molar-refractivity contribution < 1.29 is 9.84 Å². The van der Waals surface area contributed by atoms with Gasteiger partial charge < -0.3 is 15.2 Å². The molecule has 0 spiro atoms. The monoisotopic (exact) mass is 248 g/mol. The largest absolute Gasteiger partial charge is 0.491 e. The highest BCUT2D eigenvalue weighted by atomic mass is 16.5. The predicted octanol–water partition coefficient (Wildman–Crippen LogP) is 1.54. The van der Waals surface area contributed by atoms with Crippen molar-refractivity contribution in [3.8, 4) is 11.8 Å². The molecule has 2 N–H and O–H groups in total. The zero-order valence-corrected chi connectivity index (χ0v) is 10.9. The number of rotatable bonds is 7. The van der Waals surface area contributed by atoms with E-state index in [-0.39, 0.29) is 6.61 Å². The van der Waals surface area contributed by atoms with E-state index in [1.165, 1.54) is 0 Å². The maximum atomic E-state index is 9.70. The summed E-state index contributed by atoms with van der Waals surface area (Å²) >= 11 is 0. The van der Waals surface area contributed by atoms with Crippen LogP contribution < -0.4 is 10.1 Å². The molecule has 1 rings (SSSR count). The molecule has 1 aromatic rings. The zero-order valence-electron chi connectivity index (χ0n) is 10.9. The summed E-state index contributed by atoms with van der Waals surface area (Å²) in [6, 6.07) is 8.96. The van der Waals surface area contributed by atoms with E-state index >= 15 is 0 Å². The van der Waals surface area contributed by atoms with Gasteiger partial charge in [0.25, 0.3) is 0 Å². The highest BCUT2D eigenvalue weighted by molar-refractivity contribution is 5.36. The average molecular weight is 248 g/mol. The second kappa shape index (κ2) is 7.70. The van der Waals surface area contributed by atoms with E-state index in [0.717, 1.165) is 6.54 Å². The fraction of sp³-hybridized carbons (Fsp3) is 0.500. The van der Waals surface area contributed by atoms with Gasteiger partial charge in [-0.25, -0.2) is 0 Å². The van der Waals surface area contributed by atoms with Gasteiger partial charge in [-0.3, -0.25) is 0 Å². The van der Waals surface area contributed by atoms with Gasteiger partial charge in [-0.05, 0) is 30.7 Å². The van der Waals surface area contributed by atoms with E-state index in [2.05, 4.69) is 19.2 Å². The Hall–Kier alpha value is -1.57. The predicted molar refractivity (Wildman–Crippen MR) is 70.4 cm³/mol. The number of hydrogen-bond acceptors (Lipinski definition) is 4. The highest BCUT2D eigenvalue weighted by Gasteiger charge is 2.05. The van der Waals surface area contributed by atoms with Crippen molar-refractivity contribution in [1.29, 1.82) is 5.26 Å². The molecular formula is C14H20N2O2. The summed E-state index contributed by atoms with van der Waals surface area (Å²) in [5.41, 5.74) is 0.555. The highest BCUT2D eigenvalue weighted by Crippen LogP contribution is 2.12. The van der Waals surface area contributed by atoms with Crippen molar-refractivity contribution in [2.75, 3.05) is 19.7 Å². The van der Waals surface area contributed by atoms with Gasteiger partial charge in [0.1, 0.15) is 18.5 Å². The molecule has 0 saturated carbocycles. The van der Waals surface area contributed by atoms with E-state index < -0.39 is 6.10 Å². The van der Waals surface area contributed by atoms with Gasteiger partial charge >= 0.3 is 0 Å². The third-order valence-electron chi connectivity index (χ3n) is 2.34. The molecule has 0 aliphatic heterocycles. The number of aliphatic hydroxyl groups excluding tert-OH is 1. The van der Waals surface area contributed by atoms with Crippen molar-refractivity contribution in [1.82, 2.24) is 5.32 Å². The summed E-state index contributed by atoms with van der Waals surface area (Å²) in [6.45, 7) is 5.84. The lowest BCUT2D eigenvalue weighted by Gasteiger charge is -2.14. The molecule has 4 nitrogen and oxygen atoms in total. The molecule has 0 fully saturated rings. The minimum absolute atomic E-state index is 0.222. The Morgan fingerprint density at radius 3 is 2.83 bits per heavy atom. The van der Waals surface area contributed by atoms with Crippen molar-refractivity contribution in [3.63, 3.8) is 0 Å². The smallest absolute Gasteiger partial charge is 0.120 e. The van der Waals surface area contributed by atoms with Crippen molar-refractivity contribution in [2.45, 2.75) is 20.0 Å². The van der Waals surface area contributed by atoms with Crippen LogP contribution in [0, 0.1) is 17.2 Å². The molecule has 0 bridgehead atoms. The third-order valence-corrected chi connectivity index (χ3v) is 2.34. The quantitative estimate of drug-likeness (QED) is 0.768. The molecule has 0 aliphatic carbocycles. The SMILES string of the molecule is CC(C)CNCC(O)COc1cccc(C#N)c1. The van der Waals surface area contributed by atoms with E-state index in [9.17, 15) is 5.11 Å². The lowest BCUT2D eigenvalue weighted by Crippen LogP contribution is -2.33. The van der Waals surface area contributed by atoms with Crippen molar-refractivity contribution in [2.24, 2.45) is 5.92 Å².